The van der Waals surface area contributed by atoms with Crippen LogP contribution in [0.3, 0.4) is 0 Å². The van der Waals surface area contributed by atoms with Gasteiger partial charge in [0.15, 0.2) is 0 Å². The molecule has 0 saturated carbocycles. The molecular formula is C9H8BNO. The van der Waals surface area contributed by atoms with Gasteiger partial charge in [0.25, 0.3) is 0 Å². The second-order valence-electron chi connectivity index (χ2n) is 2.55. The van der Waals surface area contributed by atoms with E-state index in [0.29, 0.717) is 11.9 Å². The summed E-state index contributed by atoms with van der Waals surface area (Å²) in [5, 5.41) is 17.4. The van der Waals surface area contributed by atoms with Gasteiger partial charge in [-0.3, -0.25) is 0 Å². The number of benzene rings is 1. The molecule has 0 spiro atoms. The molecule has 1 unspecified atom stereocenters. The number of hydrogen-bond acceptors (Lipinski definition) is 2. The second-order valence-corrected chi connectivity index (χ2v) is 2.55. The summed E-state index contributed by atoms with van der Waals surface area (Å²) in [5.41, 5.74) is 1.43. The van der Waals surface area contributed by atoms with Crippen LogP contribution in [0.15, 0.2) is 24.3 Å². The van der Waals surface area contributed by atoms with E-state index >= 15 is 0 Å². The molecule has 12 heavy (non-hydrogen) atoms. The molecule has 1 rings (SSSR count). The Labute approximate surface area is 72.9 Å². The summed E-state index contributed by atoms with van der Waals surface area (Å²) >= 11 is 0. The normalized spacial score (nSPS) is 12.0. The molecule has 0 aliphatic carbocycles. The van der Waals surface area contributed by atoms with Crippen molar-refractivity contribution in [2.75, 3.05) is 0 Å². The molecule has 0 heterocycles. The summed E-state index contributed by atoms with van der Waals surface area (Å²) in [6, 6.07) is 8.94. The zero-order chi connectivity index (χ0) is 8.97. The van der Waals surface area contributed by atoms with Crippen molar-refractivity contribution in [1.29, 1.82) is 5.26 Å². The van der Waals surface area contributed by atoms with Crippen LogP contribution >= 0.6 is 0 Å². The molecule has 0 amide bonds. The summed E-state index contributed by atoms with van der Waals surface area (Å²) < 4.78 is 0. The first-order valence-corrected chi connectivity index (χ1v) is 3.65. The van der Waals surface area contributed by atoms with Crippen molar-refractivity contribution in [3.63, 3.8) is 0 Å². The van der Waals surface area contributed by atoms with Gasteiger partial charge in [0.2, 0.25) is 0 Å². The highest BCUT2D eigenvalue weighted by atomic mass is 16.3. The van der Waals surface area contributed by atoms with Crippen LogP contribution in [0.4, 0.5) is 0 Å². The quantitative estimate of drug-likeness (QED) is 0.481. The number of aliphatic hydroxyl groups excluding tert-OH is 1. The fourth-order valence-electron chi connectivity index (χ4n) is 0.974. The highest BCUT2D eigenvalue weighted by Crippen LogP contribution is 1.98. The minimum Gasteiger partial charge on any atom is -0.378 e. The van der Waals surface area contributed by atoms with Crippen molar-refractivity contribution in [2.24, 2.45) is 0 Å². The number of aliphatic hydroxyl groups is 1. The van der Waals surface area contributed by atoms with Crippen LogP contribution in [-0.4, -0.2) is 19.1 Å². The van der Waals surface area contributed by atoms with Crippen LogP contribution in [0.2, 0.25) is 0 Å². The maximum Gasteiger partial charge on any atom is 0.144 e. The zero-order valence-corrected chi connectivity index (χ0v) is 6.57. The predicted octanol–water partition coefficient (Wildman–Crippen LogP) is -0.0926. The van der Waals surface area contributed by atoms with E-state index in [1.165, 1.54) is 0 Å². The second kappa shape index (κ2) is 3.94. The highest BCUT2D eigenvalue weighted by Gasteiger charge is 2.03. The van der Waals surface area contributed by atoms with Crippen molar-refractivity contribution in [1.82, 2.24) is 0 Å². The van der Waals surface area contributed by atoms with E-state index in [0.717, 1.165) is 5.56 Å². The van der Waals surface area contributed by atoms with Crippen LogP contribution in [0.25, 0.3) is 0 Å². The third-order valence-electron chi connectivity index (χ3n) is 1.62. The van der Waals surface area contributed by atoms with Gasteiger partial charge in [-0.25, -0.2) is 0 Å². The Kier molecular flexibility index (Phi) is 2.90. The lowest BCUT2D eigenvalue weighted by Gasteiger charge is -2.05. The standard InChI is InChI=1S/C9H8BNO/c10-9-4-2-1-3-7(9)5-8(12)6-11/h1-4,8,12H,5H2. The third-order valence-corrected chi connectivity index (χ3v) is 1.62. The number of nitriles is 1. The monoisotopic (exact) mass is 157 g/mol. The first kappa shape index (κ1) is 8.83. The molecule has 0 fully saturated rings. The van der Waals surface area contributed by atoms with E-state index < -0.39 is 6.10 Å². The maximum atomic E-state index is 9.02. The molecule has 1 N–H and O–H groups in total. The Morgan fingerprint density at radius 1 is 1.50 bits per heavy atom. The molecule has 58 valence electrons. The van der Waals surface area contributed by atoms with Crippen molar-refractivity contribution in [2.45, 2.75) is 12.5 Å². The molecule has 3 heteroatoms. The summed E-state index contributed by atoms with van der Waals surface area (Å²) in [6.45, 7) is 0. The van der Waals surface area contributed by atoms with Gasteiger partial charge in [-0.05, 0) is 0 Å². The minimum absolute atomic E-state index is 0.295. The van der Waals surface area contributed by atoms with Crippen molar-refractivity contribution in [3.8, 4) is 6.07 Å². The Morgan fingerprint density at radius 2 is 2.17 bits per heavy atom. The lowest BCUT2D eigenvalue weighted by atomic mass is 9.88. The molecule has 1 aromatic carbocycles. The Hall–Kier alpha value is -1.27. The Morgan fingerprint density at radius 3 is 2.75 bits per heavy atom. The lowest BCUT2D eigenvalue weighted by Crippen LogP contribution is -2.16. The van der Waals surface area contributed by atoms with Crippen LogP contribution in [-0.2, 0) is 6.42 Å². The number of rotatable bonds is 2. The summed E-state index contributed by atoms with van der Waals surface area (Å²) in [7, 11) is 5.60. The fourth-order valence-corrected chi connectivity index (χ4v) is 0.974. The SMILES string of the molecule is [B]c1ccccc1CC(O)C#N. The van der Waals surface area contributed by atoms with E-state index in [1.807, 2.05) is 12.1 Å². The van der Waals surface area contributed by atoms with Crippen LogP contribution in [0, 0.1) is 11.3 Å². The average Bonchev–Trinajstić information content (AvgIpc) is 2.09. The highest BCUT2D eigenvalue weighted by molar-refractivity contribution is 6.33. The molecular weight excluding hydrogens is 149 g/mol. The molecule has 1 aromatic rings. The minimum atomic E-state index is -0.963. The van der Waals surface area contributed by atoms with Gasteiger partial charge in [-0.1, -0.05) is 35.3 Å². The largest absolute Gasteiger partial charge is 0.378 e. The molecule has 1 atom stereocenters. The Bertz CT molecular complexity index is 306. The van der Waals surface area contributed by atoms with Gasteiger partial charge in [-0.2, -0.15) is 5.26 Å². The van der Waals surface area contributed by atoms with Gasteiger partial charge < -0.3 is 5.11 Å². The van der Waals surface area contributed by atoms with Crippen LogP contribution in [0.1, 0.15) is 5.56 Å². The Balaban J connectivity index is 2.77. The molecule has 0 aliphatic heterocycles. The topological polar surface area (TPSA) is 44.0 Å². The van der Waals surface area contributed by atoms with E-state index in [9.17, 15) is 0 Å². The molecule has 0 aliphatic rings. The smallest absolute Gasteiger partial charge is 0.144 e. The maximum absolute atomic E-state index is 9.02. The first-order chi connectivity index (χ1) is 5.74. The molecule has 0 saturated heterocycles. The van der Waals surface area contributed by atoms with E-state index in [1.54, 1.807) is 18.2 Å². The lowest BCUT2D eigenvalue weighted by molar-refractivity contribution is 0.231. The fraction of sp³-hybridized carbons (Fsp3) is 0.222. The van der Waals surface area contributed by atoms with E-state index in [-0.39, 0.29) is 0 Å². The number of nitrogens with zero attached hydrogens (tertiary/aromatic N) is 1. The molecule has 2 nitrogen and oxygen atoms in total. The van der Waals surface area contributed by atoms with Crippen molar-refractivity contribution < 1.29 is 5.11 Å². The first-order valence-electron chi connectivity index (χ1n) is 3.65. The summed E-state index contributed by atoms with van der Waals surface area (Å²) in [6.07, 6.45) is -0.668. The van der Waals surface area contributed by atoms with Gasteiger partial charge in [0.1, 0.15) is 14.0 Å². The molecule has 0 bridgehead atoms. The third kappa shape index (κ3) is 2.11. The van der Waals surface area contributed by atoms with Crippen LogP contribution < -0.4 is 5.46 Å². The predicted molar refractivity (Wildman–Crippen MR) is 47.2 cm³/mol. The summed E-state index contributed by atoms with van der Waals surface area (Å²) in [4.78, 5) is 0. The number of hydrogen-bond donors (Lipinski definition) is 1. The molecule has 2 radical (unpaired) electrons. The average molecular weight is 157 g/mol. The molecule has 0 aromatic heterocycles. The van der Waals surface area contributed by atoms with E-state index in [4.69, 9.17) is 18.2 Å². The van der Waals surface area contributed by atoms with Crippen molar-refractivity contribution in [3.05, 3.63) is 29.8 Å². The van der Waals surface area contributed by atoms with Gasteiger partial charge >= 0.3 is 0 Å². The van der Waals surface area contributed by atoms with Gasteiger partial charge in [-0.15, -0.1) is 0 Å². The van der Waals surface area contributed by atoms with Crippen LogP contribution in [0.5, 0.6) is 0 Å². The van der Waals surface area contributed by atoms with Gasteiger partial charge in [0.05, 0.1) is 6.07 Å². The zero-order valence-electron chi connectivity index (χ0n) is 6.57. The van der Waals surface area contributed by atoms with Crippen molar-refractivity contribution >= 4 is 13.3 Å². The van der Waals surface area contributed by atoms with E-state index in [2.05, 4.69) is 0 Å². The van der Waals surface area contributed by atoms with Gasteiger partial charge in [0, 0.05) is 6.42 Å². The summed E-state index contributed by atoms with van der Waals surface area (Å²) in [5.74, 6) is 0.